The summed E-state index contributed by atoms with van der Waals surface area (Å²) >= 11 is 0. The number of carbonyl (C=O) groups is 1. The van der Waals surface area contributed by atoms with E-state index >= 15 is 0 Å². The van der Waals surface area contributed by atoms with E-state index in [4.69, 9.17) is 10.5 Å². The average molecular weight is 296 g/mol. The highest BCUT2D eigenvalue weighted by atomic mass is 16.5. The molecule has 0 spiro atoms. The molecule has 1 aliphatic heterocycles. The van der Waals surface area contributed by atoms with Crippen molar-refractivity contribution in [1.29, 1.82) is 0 Å². The van der Waals surface area contributed by atoms with E-state index in [0.29, 0.717) is 13.2 Å². The highest BCUT2D eigenvalue weighted by Crippen LogP contribution is 2.58. The molecule has 0 aromatic heterocycles. The number of nitrogens with two attached hydrogens (primary N) is 1. The third-order valence-corrected chi connectivity index (χ3v) is 6.22. The molecule has 2 aliphatic carbocycles. The highest BCUT2D eigenvalue weighted by Gasteiger charge is 2.71. The van der Waals surface area contributed by atoms with Crippen molar-refractivity contribution in [3.63, 3.8) is 0 Å². The Morgan fingerprint density at radius 1 is 1.38 bits per heavy atom. The van der Waals surface area contributed by atoms with Crippen LogP contribution in [0.15, 0.2) is 0 Å². The predicted molar refractivity (Wildman–Crippen MR) is 79.6 cm³/mol. The maximum absolute atomic E-state index is 13.0. The van der Waals surface area contributed by atoms with Crippen molar-refractivity contribution in [2.24, 2.45) is 17.1 Å². The van der Waals surface area contributed by atoms with Crippen LogP contribution in [-0.4, -0.2) is 53.4 Å². The van der Waals surface area contributed by atoms with Crippen LogP contribution in [0.3, 0.4) is 0 Å². The number of hydrogen-bond acceptors (Lipinski definition) is 4. The van der Waals surface area contributed by atoms with Gasteiger partial charge in [-0.25, -0.2) is 0 Å². The third kappa shape index (κ3) is 1.97. The van der Waals surface area contributed by atoms with E-state index in [2.05, 4.69) is 0 Å². The predicted octanol–water partition coefficient (Wildman–Crippen LogP) is 0.892. The Kier molecular flexibility index (Phi) is 3.39. The summed E-state index contributed by atoms with van der Waals surface area (Å²) in [6, 6.07) is 0. The maximum Gasteiger partial charge on any atom is 0.243 e. The molecule has 3 rings (SSSR count). The second-order valence-corrected chi connectivity index (χ2v) is 7.87. The highest BCUT2D eigenvalue weighted by molar-refractivity contribution is 5.89. The first-order valence-electron chi connectivity index (χ1n) is 8.11. The lowest BCUT2D eigenvalue weighted by Gasteiger charge is -2.61. The lowest BCUT2D eigenvalue weighted by molar-refractivity contribution is -0.185. The number of carbonyl (C=O) groups excluding carboxylic acids is 1. The minimum absolute atomic E-state index is 0.0421. The number of nitrogens with zero attached hydrogens (tertiary/aromatic N) is 1. The molecular weight excluding hydrogens is 268 g/mol. The van der Waals surface area contributed by atoms with Gasteiger partial charge in [-0.2, -0.15) is 0 Å². The Labute approximate surface area is 126 Å². The number of amides is 1. The zero-order chi connectivity index (χ0) is 15.5. The summed E-state index contributed by atoms with van der Waals surface area (Å²) in [5.41, 5.74) is 4.64. The lowest BCUT2D eigenvalue weighted by Crippen LogP contribution is -2.80. The van der Waals surface area contributed by atoms with E-state index in [-0.39, 0.29) is 23.3 Å². The maximum atomic E-state index is 13.0. The molecule has 21 heavy (non-hydrogen) atoms. The smallest absolute Gasteiger partial charge is 0.243 e. The summed E-state index contributed by atoms with van der Waals surface area (Å²) in [4.78, 5) is 14.6. The zero-order valence-corrected chi connectivity index (χ0v) is 13.4. The Morgan fingerprint density at radius 3 is 2.62 bits per heavy atom. The van der Waals surface area contributed by atoms with Crippen molar-refractivity contribution < 1.29 is 14.6 Å². The van der Waals surface area contributed by atoms with Crippen LogP contribution >= 0.6 is 0 Å². The van der Waals surface area contributed by atoms with Crippen LogP contribution in [-0.2, 0) is 9.53 Å². The van der Waals surface area contributed by atoms with Gasteiger partial charge in [0.1, 0.15) is 5.54 Å². The molecule has 1 heterocycles. The molecule has 5 nitrogen and oxygen atoms in total. The van der Waals surface area contributed by atoms with E-state index in [9.17, 15) is 9.90 Å². The minimum atomic E-state index is -0.863. The SMILES string of the molecule is CN(CC1(O)CCCC1)C(=O)C1(N)C2CCOC2C1(C)C. The van der Waals surface area contributed by atoms with Gasteiger partial charge in [0, 0.05) is 31.5 Å². The van der Waals surface area contributed by atoms with Crippen molar-refractivity contribution in [2.75, 3.05) is 20.2 Å². The van der Waals surface area contributed by atoms with Gasteiger partial charge in [-0.1, -0.05) is 26.7 Å². The molecule has 0 bridgehead atoms. The lowest BCUT2D eigenvalue weighted by atomic mass is 9.47. The molecule has 3 atom stereocenters. The number of ether oxygens (including phenoxy) is 1. The van der Waals surface area contributed by atoms with E-state index in [1.54, 1.807) is 11.9 Å². The summed E-state index contributed by atoms with van der Waals surface area (Å²) in [6.45, 7) is 5.13. The number of likely N-dealkylation sites (N-methyl/N-ethyl adjacent to an activating group) is 1. The van der Waals surface area contributed by atoms with Gasteiger partial charge in [0.05, 0.1) is 11.7 Å². The molecule has 1 amide bonds. The van der Waals surface area contributed by atoms with Crippen molar-refractivity contribution >= 4 is 5.91 Å². The summed E-state index contributed by atoms with van der Waals surface area (Å²) in [7, 11) is 1.77. The molecule has 3 fully saturated rings. The largest absolute Gasteiger partial charge is 0.388 e. The first kappa shape index (κ1) is 15.3. The first-order valence-corrected chi connectivity index (χ1v) is 8.11. The van der Waals surface area contributed by atoms with E-state index in [0.717, 1.165) is 32.1 Å². The Balaban J connectivity index is 1.75. The summed E-state index contributed by atoms with van der Waals surface area (Å²) in [5, 5.41) is 10.5. The number of hydrogen-bond donors (Lipinski definition) is 2. The number of aliphatic hydroxyl groups is 1. The van der Waals surface area contributed by atoms with Crippen LogP contribution in [0.1, 0.15) is 46.0 Å². The van der Waals surface area contributed by atoms with Crippen LogP contribution in [0.2, 0.25) is 0 Å². The molecule has 0 radical (unpaired) electrons. The van der Waals surface area contributed by atoms with Crippen LogP contribution in [0.4, 0.5) is 0 Å². The van der Waals surface area contributed by atoms with Gasteiger partial charge in [-0.05, 0) is 19.3 Å². The second-order valence-electron chi connectivity index (χ2n) is 7.87. The minimum Gasteiger partial charge on any atom is -0.388 e. The standard InChI is InChI=1S/C16H28N2O3/c1-14(2)12-11(6-9-21-12)16(14,17)13(19)18(3)10-15(20)7-4-5-8-15/h11-12,20H,4-10,17H2,1-3H3. The third-order valence-electron chi connectivity index (χ3n) is 6.22. The molecule has 3 aliphatic rings. The molecule has 2 saturated carbocycles. The molecule has 0 aromatic carbocycles. The molecule has 3 N–H and O–H groups in total. The van der Waals surface area contributed by atoms with Crippen molar-refractivity contribution in [2.45, 2.75) is 63.2 Å². The normalized spacial score (nSPS) is 39.7. The fourth-order valence-electron chi connectivity index (χ4n) is 4.84. The summed E-state index contributed by atoms with van der Waals surface area (Å²) < 4.78 is 5.75. The summed E-state index contributed by atoms with van der Waals surface area (Å²) in [5.74, 6) is 0.0697. The van der Waals surface area contributed by atoms with Crippen molar-refractivity contribution in [3.05, 3.63) is 0 Å². The van der Waals surface area contributed by atoms with E-state index in [1.165, 1.54) is 0 Å². The Hall–Kier alpha value is -0.650. The Bertz CT molecular complexity index is 445. The van der Waals surface area contributed by atoms with Crippen LogP contribution in [0, 0.1) is 11.3 Å². The van der Waals surface area contributed by atoms with Gasteiger partial charge in [0.25, 0.3) is 0 Å². The van der Waals surface area contributed by atoms with Gasteiger partial charge in [0.15, 0.2) is 0 Å². The molecule has 0 aromatic rings. The van der Waals surface area contributed by atoms with E-state index < -0.39 is 11.1 Å². The fraction of sp³-hybridized carbons (Fsp3) is 0.938. The topological polar surface area (TPSA) is 75.8 Å². The average Bonchev–Trinajstić information content (AvgIpc) is 3.05. The quantitative estimate of drug-likeness (QED) is 0.811. The molecule has 3 unspecified atom stereocenters. The van der Waals surface area contributed by atoms with Gasteiger partial charge in [0.2, 0.25) is 5.91 Å². The van der Waals surface area contributed by atoms with Gasteiger partial charge in [-0.3, -0.25) is 4.79 Å². The monoisotopic (exact) mass is 296 g/mol. The molecular formula is C16H28N2O3. The van der Waals surface area contributed by atoms with Crippen molar-refractivity contribution in [3.8, 4) is 0 Å². The van der Waals surface area contributed by atoms with E-state index in [1.807, 2.05) is 13.8 Å². The Morgan fingerprint density at radius 2 is 2.00 bits per heavy atom. The van der Waals surface area contributed by atoms with Crippen LogP contribution < -0.4 is 5.73 Å². The first-order chi connectivity index (χ1) is 9.72. The van der Waals surface area contributed by atoms with Crippen molar-refractivity contribution in [1.82, 2.24) is 4.90 Å². The molecule has 120 valence electrons. The summed E-state index contributed by atoms with van der Waals surface area (Å²) in [6.07, 6.45) is 4.58. The fourth-order valence-corrected chi connectivity index (χ4v) is 4.84. The number of rotatable bonds is 3. The molecule has 5 heteroatoms. The number of fused-ring (bicyclic) bond motifs is 1. The zero-order valence-electron chi connectivity index (χ0n) is 13.4. The molecule has 1 saturated heterocycles. The van der Waals surface area contributed by atoms with Gasteiger partial charge < -0.3 is 20.5 Å². The van der Waals surface area contributed by atoms with Gasteiger partial charge in [-0.15, -0.1) is 0 Å². The van der Waals surface area contributed by atoms with Crippen LogP contribution in [0.25, 0.3) is 0 Å². The van der Waals surface area contributed by atoms with Crippen LogP contribution in [0.5, 0.6) is 0 Å². The van der Waals surface area contributed by atoms with Gasteiger partial charge >= 0.3 is 0 Å². The second kappa shape index (κ2) is 4.67.